The second kappa shape index (κ2) is 3.72. The lowest BCUT2D eigenvalue weighted by Crippen LogP contribution is -2.21. The maximum absolute atomic E-state index is 10.9. The zero-order chi connectivity index (χ0) is 9.84. The largest absolute Gasteiger partial charge is 0.468 e. The molecule has 1 heterocycles. The van der Waals surface area contributed by atoms with Crippen molar-refractivity contribution in [2.75, 3.05) is 0 Å². The van der Waals surface area contributed by atoms with E-state index < -0.39 is 11.8 Å². The summed E-state index contributed by atoms with van der Waals surface area (Å²) in [5, 5.41) is 8.31. The molecule has 0 unspecified atom stereocenters. The zero-order valence-electron chi connectivity index (χ0n) is 6.61. The Balaban J connectivity index is 2.89. The second-order valence-corrected chi connectivity index (χ2v) is 2.34. The Labute approximate surface area is 73.3 Å². The predicted molar refractivity (Wildman–Crippen MR) is 40.9 cm³/mol. The quantitative estimate of drug-likeness (QED) is 0.432. The van der Waals surface area contributed by atoms with Gasteiger partial charge in [0.15, 0.2) is 0 Å². The molecule has 6 nitrogen and oxygen atoms in total. The van der Waals surface area contributed by atoms with Crippen molar-refractivity contribution in [2.45, 2.75) is 6.42 Å². The van der Waals surface area contributed by atoms with Gasteiger partial charge in [-0.1, -0.05) is 0 Å². The first-order chi connectivity index (χ1) is 6.15. The van der Waals surface area contributed by atoms with Crippen LogP contribution in [0.3, 0.4) is 0 Å². The van der Waals surface area contributed by atoms with Crippen LogP contribution in [0.1, 0.15) is 16.1 Å². The lowest BCUT2D eigenvalue weighted by Gasteiger charge is -1.97. The van der Waals surface area contributed by atoms with Gasteiger partial charge in [0, 0.05) is 0 Å². The summed E-state index contributed by atoms with van der Waals surface area (Å²) in [5.74, 6) is -1.20. The van der Waals surface area contributed by atoms with E-state index in [-0.39, 0.29) is 17.7 Å². The molecule has 2 amide bonds. The molecule has 1 aromatic rings. The van der Waals surface area contributed by atoms with Gasteiger partial charge in [-0.05, 0) is 6.07 Å². The summed E-state index contributed by atoms with van der Waals surface area (Å²) in [6, 6.07) is 1.34. The molecule has 70 valence electrons. The Bertz CT molecular complexity index is 331. The summed E-state index contributed by atoms with van der Waals surface area (Å²) in [7, 11) is 0. The van der Waals surface area contributed by atoms with E-state index in [9.17, 15) is 9.59 Å². The fourth-order valence-electron chi connectivity index (χ4n) is 0.898. The molecule has 0 saturated heterocycles. The summed E-state index contributed by atoms with van der Waals surface area (Å²) in [6.07, 6.45) is 1.07. The van der Waals surface area contributed by atoms with Crippen molar-refractivity contribution in [3.8, 4) is 0 Å². The van der Waals surface area contributed by atoms with E-state index in [1.165, 1.54) is 17.8 Å². The van der Waals surface area contributed by atoms with Crippen molar-refractivity contribution >= 4 is 11.8 Å². The van der Waals surface area contributed by atoms with Gasteiger partial charge >= 0.3 is 0 Å². The molecule has 0 aromatic carbocycles. The molecule has 0 aliphatic heterocycles. The molecule has 0 radical (unpaired) electrons. The lowest BCUT2D eigenvalue weighted by molar-refractivity contribution is -0.117. The molecule has 0 fully saturated rings. The van der Waals surface area contributed by atoms with E-state index in [2.05, 4.69) is 0 Å². The summed E-state index contributed by atoms with van der Waals surface area (Å²) < 4.78 is 4.83. The Morgan fingerprint density at radius 1 is 1.62 bits per heavy atom. The number of furan rings is 1. The monoisotopic (exact) mass is 184 g/mol. The number of primary amides is 1. The number of nitrogens with one attached hydrogen (secondary N) is 1. The van der Waals surface area contributed by atoms with Gasteiger partial charge in [0.05, 0.1) is 18.2 Å². The van der Waals surface area contributed by atoms with E-state index in [1.54, 1.807) is 0 Å². The van der Waals surface area contributed by atoms with E-state index in [0.717, 1.165) is 0 Å². The van der Waals surface area contributed by atoms with Crippen LogP contribution in [0.4, 0.5) is 0 Å². The van der Waals surface area contributed by atoms with Crippen LogP contribution in [0.2, 0.25) is 0 Å². The highest BCUT2D eigenvalue weighted by atomic mass is 16.5. The van der Waals surface area contributed by atoms with Gasteiger partial charge in [0.25, 0.3) is 5.91 Å². The van der Waals surface area contributed by atoms with Crippen LogP contribution >= 0.6 is 0 Å². The zero-order valence-corrected chi connectivity index (χ0v) is 6.61. The Morgan fingerprint density at radius 3 is 2.85 bits per heavy atom. The molecule has 4 N–H and O–H groups in total. The van der Waals surface area contributed by atoms with Crippen LogP contribution in [-0.2, 0) is 11.2 Å². The first-order valence-electron chi connectivity index (χ1n) is 3.44. The molecule has 0 bridgehead atoms. The predicted octanol–water partition coefficient (Wildman–Crippen LogP) is -0.574. The number of hydroxylamine groups is 1. The van der Waals surface area contributed by atoms with Crippen molar-refractivity contribution in [1.29, 1.82) is 0 Å². The normalized spacial score (nSPS) is 9.62. The Hall–Kier alpha value is -1.82. The number of nitrogens with two attached hydrogens (primary N) is 1. The molecule has 1 aromatic heterocycles. The SMILES string of the molecule is NC(=O)Cc1occc1C(=O)NO. The molecule has 6 heteroatoms. The molecule has 0 aliphatic carbocycles. The molecular weight excluding hydrogens is 176 g/mol. The average molecular weight is 184 g/mol. The van der Waals surface area contributed by atoms with Crippen LogP contribution in [0.15, 0.2) is 16.7 Å². The van der Waals surface area contributed by atoms with Gasteiger partial charge in [-0.2, -0.15) is 0 Å². The van der Waals surface area contributed by atoms with Crippen LogP contribution in [0.25, 0.3) is 0 Å². The van der Waals surface area contributed by atoms with Gasteiger partial charge < -0.3 is 10.2 Å². The third kappa shape index (κ3) is 2.06. The van der Waals surface area contributed by atoms with Crippen molar-refractivity contribution in [3.05, 3.63) is 23.7 Å². The van der Waals surface area contributed by atoms with Crippen LogP contribution in [0.5, 0.6) is 0 Å². The van der Waals surface area contributed by atoms with Crippen LogP contribution < -0.4 is 11.2 Å². The number of hydrogen-bond acceptors (Lipinski definition) is 4. The minimum atomic E-state index is -0.731. The van der Waals surface area contributed by atoms with Gasteiger partial charge in [-0.15, -0.1) is 0 Å². The fraction of sp³-hybridized carbons (Fsp3) is 0.143. The molecule has 0 atom stereocenters. The lowest BCUT2D eigenvalue weighted by atomic mass is 10.2. The maximum Gasteiger partial charge on any atom is 0.278 e. The number of hydrogen-bond donors (Lipinski definition) is 3. The second-order valence-electron chi connectivity index (χ2n) is 2.34. The van der Waals surface area contributed by atoms with Crippen molar-refractivity contribution < 1.29 is 19.2 Å². The third-order valence-corrected chi connectivity index (χ3v) is 1.43. The van der Waals surface area contributed by atoms with Crippen molar-refractivity contribution in [3.63, 3.8) is 0 Å². The van der Waals surface area contributed by atoms with E-state index >= 15 is 0 Å². The van der Waals surface area contributed by atoms with Crippen LogP contribution in [-0.4, -0.2) is 17.0 Å². The first-order valence-corrected chi connectivity index (χ1v) is 3.44. The molecule has 0 aliphatic rings. The number of rotatable bonds is 3. The first kappa shape index (κ1) is 9.27. The van der Waals surface area contributed by atoms with Gasteiger partial charge in [-0.3, -0.25) is 14.8 Å². The third-order valence-electron chi connectivity index (χ3n) is 1.43. The molecule has 0 spiro atoms. The maximum atomic E-state index is 10.9. The summed E-state index contributed by atoms with van der Waals surface area (Å²) >= 11 is 0. The highest BCUT2D eigenvalue weighted by Gasteiger charge is 2.15. The highest BCUT2D eigenvalue weighted by molar-refractivity contribution is 5.95. The van der Waals surface area contributed by atoms with E-state index in [1.807, 2.05) is 0 Å². The minimum absolute atomic E-state index is 0.0984. The average Bonchev–Trinajstić information content (AvgIpc) is 2.50. The van der Waals surface area contributed by atoms with Gasteiger partial charge in [-0.25, -0.2) is 5.48 Å². The molecule has 0 saturated carbocycles. The van der Waals surface area contributed by atoms with Gasteiger partial charge in [0.2, 0.25) is 5.91 Å². The molecule has 13 heavy (non-hydrogen) atoms. The minimum Gasteiger partial charge on any atom is -0.468 e. The highest BCUT2D eigenvalue weighted by Crippen LogP contribution is 2.10. The molecule has 1 rings (SSSR count). The van der Waals surface area contributed by atoms with E-state index in [4.69, 9.17) is 15.4 Å². The molecular formula is C7H8N2O4. The van der Waals surface area contributed by atoms with Crippen molar-refractivity contribution in [1.82, 2.24) is 5.48 Å². The summed E-state index contributed by atoms with van der Waals surface area (Å²) in [6.45, 7) is 0. The smallest absolute Gasteiger partial charge is 0.278 e. The number of carbonyl (C=O) groups excluding carboxylic acids is 2. The Kier molecular flexibility index (Phi) is 2.65. The topological polar surface area (TPSA) is 106 Å². The standard InChI is InChI=1S/C7H8N2O4/c8-6(10)3-5-4(1-2-13-5)7(11)9-12/h1-2,12H,3H2,(H2,8,10)(H,9,11). The van der Waals surface area contributed by atoms with E-state index in [0.29, 0.717) is 0 Å². The fourth-order valence-corrected chi connectivity index (χ4v) is 0.898. The summed E-state index contributed by atoms with van der Waals surface area (Å²) in [4.78, 5) is 21.4. The van der Waals surface area contributed by atoms with Crippen molar-refractivity contribution in [2.24, 2.45) is 5.73 Å². The summed E-state index contributed by atoms with van der Waals surface area (Å²) in [5.41, 5.74) is 6.43. The Morgan fingerprint density at radius 2 is 2.31 bits per heavy atom. The number of amides is 2. The number of carbonyl (C=O) groups is 2. The van der Waals surface area contributed by atoms with Gasteiger partial charge in [0.1, 0.15) is 5.76 Å². The van der Waals surface area contributed by atoms with Crippen LogP contribution in [0, 0.1) is 0 Å².